The number of fused-ring (bicyclic) bond motifs is 11. The van der Waals surface area contributed by atoms with E-state index in [0.717, 1.165) is 72.8 Å². The zero-order chi connectivity index (χ0) is 62.6. The molecular formula is C62H30F18N8. The average molecular weight is 1230 g/mol. The van der Waals surface area contributed by atoms with Crippen LogP contribution in [-0.2, 0) is 49.9 Å². The van der Waals surface area contributed by atoms with Crippen LogP contribution in [0.15, 0.2) is 146 Å². The first-order valence-corrected chi connectivity index (χ1v) is 25.7. The van der Waals surface area contributed by atoms with Gasteiger partial charge in [0.1, 0.15) is 22.6 Å². The molecule has 2 N–H and O–H groups in total. The fourth-order valence-electron chi connectivity index (χ4n) is 10.4. The Morgan fingerprint density at radius 2 is 0.489 bits per heavy atom. The molecule has 8 nitrogen and oxygen atoms in total. The maximum atomic E-state index is 14.8. The number of nitrogens with one attached hydrogen (secondary N) is 2. The van der Waals surface area contributed by atoms with E-state index < -0.39 is 161 Å². The number of rotatable bonds is 6. The standard InChI is InChI=1S/C62H30F18N8/c63-57(64,65)35-15-3-9-29(23-35)43-45(31-11-5-17-37(25-31)59(69,70)71)53-84-51(43)82-49-41-21-1-2-22-42(41)50(81-49)83-52-44(30-10-4-16-36(24-30)58(66,67)68)46(32-12-6-18-38(26-32)60(72,73)74)54(85-52)87-56-48(34-14-8-20-40(28-34)62(78,79)80)47(55(86-53)88-56)33-13-7-19-39(27-33)61(75,76)77/h3-20,23-28H,21-22H2,(H2,81,82,83,84,85,86,87,88). The van der Waals surface area contributed by atoms with Crippen molar-refractivity contribution in [1.82, 2.24) is 39.9 Å². The van der Waals surface area contributed by atoms with E-state index in [4.69, 9.17) is 19.9 Å². The minimum atomic E-state index is -5.14. The Morgan fingerprint density at radius 1 is 0.273 bits per heavy atom. The van der Waals surface area contributed by atoms with Crippen molar-refractivity contribution >= 4 is 44.9 Å². The second kappa shape index (κ2) is 20.8. The molecule has 0 radical (unpaired) electrons. The molecule has 0 saturated carbocycles. The number of nitrogens with zero attached hydrogens (tertiary/aromatic N) is 6. The Kier molecular flexibility index (Phi) is 13.8. The van der Waals surface area contributed by atoms with Crippen molar-refractivity contribution in [2.45, 2.75) is 49.9 Å². The van der Waals surface area contributed by atoms with Crippen LogP contribution in [0, 0.1) is 11.8 Å². The van der Waals surface area contributed by atoms with Crippen LogP contribution in [0.25, 0.3) is 67.1 Å². The first-order valence-electron chi connectivity index (χ1n) is 25.7. The van der Waals surface area contributed by atoms with Gasteiger partial charge in [0.15, 0.2) is 23.3 Å². The third-order valence-corrected chi connectivity index (χ3v) is 14.3. The largest absolute Gasteiger partial charge is 0.416 e. The van der Waals surface area contributed by atoms with Crippen LogP contribution in [0.2, 0.25) is 0 Å². The lowest BCUT2D eigenvalue weighted by molar-refractivity contribution is -0.138. The lowest BCUT2D eigenvalue weighted by Crippen LogP contribution is -2.06. The van der Waals surface area contributed by atoms with Gasteiger partial charge in [-0.25, -0.2) is 29.9 Å². The Morgan fingerprint density at radius 3 is 0.739 bits per heavy atom. The molecular weight excluding hydrogens is 1200 g/mol. The lowest BCUT2D eigenvalue weighted by atomic mass is 9.93. The molecule has 0 fully saturated rings. The highest BCUT2D eigenvalue weighted by atomic mass is 19.4. The summed E-state index contributed by atoms with van der Waals surface area (Å²) in [5.41, 5.74) is -14.8. The molecule has 1 aliphatic carbocycles. The Balaban J connectivity index is 1.34. The Bertz CT molecular complexity index is 4390. The Labute approximate surface area is 482 Å². The molecule has 0 unspecified atom stereocenters. The number of benzene rings is 6. The molecule has 5 heterocycles. The smallest absolute Gasteiger partial charge is 0.324 e. The van der Waals surface area contributed by atoms with Crippen LogP contribution in [0.1, 0.15) is 90.1 Å². The van der Waals surface area contributed by atoms with Crippen molar-refractivity contribution in [3.8, 4) is 34.1 Å². The number of alkyl halides is 18. The summed E-state index contributed by atoms with van der Waals surface area (Å²) in [5, 5.41) is 0. The van der Waals surface area contributed by atoms with Crippen LogP contribution in [0.5, 0.6) is 0 Å². The van der Waals surface area contributed by atoms with Crippen LogP contribution < -0.4 is 0 Å². The third kappa shape index (κ3) is 11.0. The van der Waals surface area contributed by atoms with Gasteiger partial charge < -0.3 is 9.97 Å². The summed E-state index contributed by atoms with van der Waals surface area (Å²) in [4.78, 5) is 34.1. The highest BCUT2D eigenvalue weighted by molar-refractivity contribution is 6.07. The predicted octanol–water partition coefficient (Wildman–Crippen LogP) is 17.5. The van der Waals surface area contributed by atoms with Crippen LogP contribution in [0.3, 0.4) is 0 Å². The normalized spacial score (nSPS) is 14.1. The Hall–Kier alpha value is -10.1. The number of hydrogen-bond acceptors (Lipinski definition) is 6. The second-order valence-electron chi connectivity index (χ2n) is 20.0. The van der Waals surface area contributed by atoms with Gasteiger partial charge in [-0.3, -0.25) is 0 Å². The van der Waals surface area contributed by atoms with Gasteiger partial charge in [-0.2, -0.15) is 79.0 Å². The highest BCUT2D eigenvalue weighted by Crippen LogP contribution is 2.47. The minimum absolute atomic E-state index is 0.161. The van der Waals surface area contributed by atoms with E-state index in [0.29, 0.717) is 72.8 Å². The van der Waals surface area contributed by atoms with Gasteiger partial charge in [-0.15, -0.1) is 0 Å². The zero-order valence-electron chi connectivity index (χ0n) is 43.8. The molecule has 8 bridgehead atoms. The number of aromatic nitrogens is 8. The van der Waals surface area contributed by atoms with Crippen molar-refractivity contribution in [2.75, 3.05) is 0 Å². The van der Waals surface area contributed by atoms with E-state index in [9.17, 15) is 79.0 Å². The lowest BCUT2D eigenvalue weighted by Gasteiger charge is -2.13. The van der Waals surface area contributed by atoms with E-state index in [2.05, 4.69) is 31.8 Å². The van der Waals surface area contributed by atoms with Crippen LogP contribution >= 0.6 is 0 Å². The zero-order valence-corrected chi connectivity index (χ0v) is 43.8. The minimum Gasteiger partial charge on any atom is -0.324 e. The number of halogens is 18. The van der Waals surface area contributed by atoms with Gasteiger partial charge in [-0.05, 0) is 106 Å². The van der Waals surface area contributed by atoms with Crippen LogP contribution in [-0.4, -0.2) is 39.9 Å². The van der Waals surface area contributed by atoms with Crippen molar-refractivity contribution < 1.29 is 79.0 Å². The molecule has 3 aromatic heterocycles. The monoisotopic (exact) mass is 1230 g/mol. The number of hydrogen-bond donors (Lipinski definition) is 2. The summed E-state index contributed by atoms with van der Waals surface area (Å²) in [5.74, 6) is 3.18. The predicted molar refractivity (Wildman–Crippen MR) is 284 cm³/mol. The summed E-state index contributed by atoms with van der Waals surface area (Å²) in [7, 11) is 0. The highest BCUT2D eigenvalue weighted by Gasteiger charge is 2.39. The molecule has 0 saturated heterocycles. The van der Waals surface area contributed by atoms with E-state index >= 15 is 0 Å². The number of H-pyrrole nitrogens is 2. The first kappa shape index (κ1) is 58.3. The molecule has 26 heteroatoms. The van der Waals surface area contributed by atoms with Crippen molar-refractivity contribution in [3.63, 3.8) is 0 Å². The summed E-state index contributed by atoms with van der Waals surface area (Å²) in [6, 6.07) is 19.9. The third-order valence-electron chi connectivity index (χ3n) is 14.3. The maximum Gasteiger partial charge on any atom is 0.416 e. The SMILES string of the molecule is FC(F)(F)c1cccc(C2=C(c3cccc(C(F)(F)F)c3)c3nc2nc2[nH]c(nc4nc(nc5[nH]c(n3)c(-c3cccc(C(F)(F)F)c3)c5-c3cccc(C(F)(F)F)c3)C(c3cccc(C(F)(F)F)c3)=C4c3cccc(C(F)(F)F)c3)c3c2CC#CC3)c1. The fourth-order valence-corrected chi connectivity index (χ4v) is 10.4. The molecule has 0 amide bonds. The van der Waals surface area contributed by atoms with Gasteiger partial charge in [-0.1, -0.05) is 84.6 Å². The fraction of sp³-hybridized carbons (Fsp3) is 0.129. The molecule has 3 aliphatic rings. The topological polar surface area (TPSA) is 109 Å². The maximum absolute atomic E-state index is 14.8. The van der Waals surface area contributed by atoms with E-state index in [-0.39, 0.29) is 46.4 Å². The average Bonchev–Trinajstić information content (AvgIpc) is 1.69. The van der Waals surface area contributed by atoms with Crippen molar-refractivity contribution in [3.05, 3.63) is 236 Å². The first-order chi connectivity index (χ1) is 41.4. The molecule has 2 aliphatic heterocycles. The summed E-state index contributed by atoms with van der Waals surface area (Å²) >= 11 is 0. The van der Waals surface area contributed by atoms with Gasteiger partial charge in [0.2, 0.25) is 0 Å². The van der Waals surface area contributed by atoms with Gasteiger partial charge in [0.25, 0.3) is 0 Å². The molecule has 0 atom stereocenters. The van der Waals surface area contributed by atoms with Crippen molar-refractivity contribution in [2.24, 2.45) is 0 Å². The van der Waals surface area contributed by atoms with E-state index in [1.807, 2.05) is 0 Å². The molecule has 88 heavy (non-hydrogen) atoms. The molecule has 6 aromatic carbocycles. The van der Waals surface area contributed by atoms with Gasteiger partial charge in [0.05, 0.1) is 33.4 Å². The van der Waals surface area contributed by atoms with E-state index in [1.54, 1.807) is 0 Å². The van der Waals surface area contributed by atoms with Crippen molar-refractivity contribution in [1.29, 1.82) is 0 Å². The summed E-state index contributed by atoms with van der Waals surface area (Å²) in [6.45, 7) is 0. The summed E-state index contributed by atoms with van der Waals surface area (Å²) in [6.07, 6.45) is -30.9. The number of aromatic amines is 2. The van der Waals surface area contributed by atoms with Gasteiger partial charge in [0, 0.05) is 57.4 Å². The van der Waals surface area contributed by atoms with Gasteiger partial charge >= 0.3 is 37.1 Å². The molecule has 0 spiro atoms. The molecule has 444 valence electrons. The quantitative estimate of drug-likeness (QED) is 0.127. The molecule has 12 rings (SSSR count). The molecule has 9 aromatic rings. The van der Waals surface area contributed by atoms with Crippen LogP contribution in [0.4, 0.5) is 79.0 Å². The van der Waals surface area contributed by atoms with E-state index in [1.165, 1.54) is 0 Å². The summed E-state index contributed by atoms with van der Waals surface area (Å²) < 4.78 is 266. The second-order valence-corrected chi connectivity index (χ2v) is 20.0.